The molecular weight excluding hydrogens is 226 g/mol. The molecule has 3 nitrogen and oxygen atoms in total. The highest BCUT2D eigenvalue weighted by molar-refractivity contribution is 5.24. The summed E-state index contributed by atoms with van der Waals surface area (Å²) >= 11 is 0. The molecule has 3 heteroatoms. The minimum Gasteiger partial charge on any atom is -0.385 e. The molecule has 0 fully saturated rings. The molecule has 18 heavy (non-hydrogen) atoms. The lowest BCUT2D eigenvalue weighted by atomic mass is 10.00. The molecule has 2 atom stereocenters. The predicted molar refractivity (Wildman–Crippen MR) is 74.6 cm³/mol. The van der Waals surface area contributed by atoms with E-state index in [4.69, 9.17) is 15.2 Å². The first-order valence-electron chi connectivity index (χ1n) is 6.61. The van der Waals surface area contributed by atoms with E-state index in [0.717, 1.165) is 25.0 Å². The van der Waals surface area contributed by atoms with Gasteiger partial charge in [-0.05, 0) is 25.3 Å². The standard InChI is InChI=1S/C15H25NO2/c1-4-14(16)15(18-11-5-10-17-3)13-8-6-12(2)7-9-13/h6-9,14-15H,4-5,10-11,16H2,1-3H3. The second-order valence-corrected chi connectivity index (χ2v) is 4.62. The van der Waals surface area contributed by atoms with Gasteiger partial charge in [0.1, 0.15) is 0 Å². The van der Waals surface area contributed by atoms with E-state index in [0.29, 0.717) is 6.61 Å². The Hall–Kier alpha value is -0.900. The monoisotopic (exact) mass is 251 g/mol. The van der Waals surface area contributed by atoms with Gasteiger partial charge in [-0.15, -0.1) is 0 Å². The minimum absolute atomic E-state index is 0.0209. The summed E-state index contributed by atoms with van der Waals surface area (Å²) in [6.07, 6.45) is 1.78. The number of hydrogen-bond donors (Lipinski definition) is 1. The predicted octanol–water partition coefficient (Wildman–Crippen LogP) is 2.83. The molecule has 1 aromatic rings. The van der Waals surface area contributed by atoms with Crippen LogP contribution < -0.4 is 5.73 Å². The van der Waals surface area contributed by atoms with Crippen LogP contribution in [0.1, 0.15) is 37.0 Å². The van der Waals surface area contributed by atoms with Gasteiger partial charge in [-0.2, -0.15) is 0 Å². The molecule has 2 unspecified atom stereocenters. The van der Waals surface area contributed by atoms with Gasteiger partial charge in [0.25, 0.3) is 0 Å². The lowest BCUT2D eigenvalue weighted by Crippen LogP contribution is -2.30. The fraction of sp³-hybridized carbons (Fsp3) is 0.600. The average Bonchev–Trinajstić information content (AvgIpc) is 2.39. The molecule has 0 aliphatic rings. The van der Waals surface area contributed by atoms with Gasteiger partial charge >= 0.3 is 0 Å². The zero-order valence-corrected chi connectivity index (χ0v) is 11.7. The van der Waals surface area contributed by atoms with Gasteiger partial charge in [0.2, 0.25) is 0 Å². The third-order valence-corrected chi connectivity index (χ3v) is 3.06. The Morgan fingerprint density at radius 2 is 1.83 bits per heavy atom. The molecule has 0 aliphatic carbocycles. The van der Waals surface area contributed by atoms with Gasteiger partial charge in [0.15, 0.2) is 0 Å². The minimum atomic E-state index is -0.0209. The second kappa shape index (κ2) is 8.25. The van der Waals surface area contributed by atoms with Crippen molar-refractivity contribution in [1.82, 2.24) is 0 Å². The van der Waals surface area contributed by atoms with E-state index in [1.54, 1.807) is 7.11 Å². The van der Waals surface area contributed by atoms with Crippen LogP contribution in [0.4, 0.5) is 0 Å². The summed E-state index contributed by atoms with van der Waals surface area (Å²) < 4.78 is 10.9. The Labute approximate surface area is 110 Å². The number of rotatable bonds is 8. The molecule has 1 rings (SSSR count). The van der Waals surface area contributed by atoms with Crippen molar-refractivity contribution in [1.29, 1.82) is 0 Å². The molecule has 0 spiro atoms. The van der Waals surface area contributed by atoms with Crippen molar-refractivity contribution < 1.29 is 9.47 Å². The summed E-state index contributed by atoms with van der Waals surface area (Å²) in [7, 11) is 1.70. The molecule has 0 bridgehead atoms. The highest BCUT2D eigenvalue weighted by Crippen LogP contribution is 2.22. The number of aryl methyl sites for hydroxylation is 1. The Kier molecular flexibility index (Phi) is 6.94. The van der Waals surface area contributed by atoms with Crippen molar-refractivity contribution in [2.75, 3.05) is 20.3 Å². The lowest BCUT2D eigenvalue weighted by Gasteiger charge is -2.24. The van der Waals surface area contributed by atoms with Crippen LogP contribution in [0.3, 0.4) is 0 Å². The molecule has 1 aromatic carbocycles. The molecule has 0 aromatic heterocycles. The van der Waals surface area contributed by atoms with E-state index in [9.17, 15) is 0 Å². The summed E-state index contributed by atoms with van der Waals surface area (Å²) in [4.78, 5) is 0. The van der Waals surface area contributed by atoms with E-state index >= 15 is 0 Å². The summed E-state index contributed by atoms with van der Waals surface area (Å²) in [6, 6.07) is 8.44. The highest BCUT2D eigenvalue weighted by atomic mass is 16.5. The van der Waals surface area contributed by atoms with Crippen LogP contribution in [0.5, 0.6) is 0 Å². The van der Waals surface area contributed by atoms with Gasteiger partial charge in [0.05, 0.1) is 6.10 Å². The zero-order chi connectivity index (χ0) is 13.4. The smallest absolute Gasteiger partial charge is 0.0975 e. The number of nitrogens with two attached hydrogens (primary N) is 1. The van der Waals surface area contributed by atoms with Crippen LogP contribution in [-0.4, -0.2) is 26.4 Å². The molecule has 0 radical (unpaired) electrons. The topological polar surface area (TPSA) is 44.5 Å². The number of hydrogen-bond acceptors (Lipinski definition) is 3. The lowest BCUT2D eigenvalue weighted by molar-refractivity contribution is 0.0222. The molecule has 0 saturated heterocycles. The van der Waals surface area contributed by atoms with E-state index < -0.39 is 0 Å². The summed E-state index contributed by atoms with van der Waals surface area (Å²) in [5.74, 6) is 0. The molecule has 0 amide bonds. The Bertz CT molecular complexity index is 324. The summed E-state index contributed by atoms with van der Waals surface area (Å²) in [6.45, 7) is 5.57. The van der Waals surface area contributed by atoms with Crippen LogP contribution in [0.25, 0.3) is 0 Å². The fourth-order valence-electron chi connectivity index (χ4n) is 1.85. The molecule has 102 valence electrons. The largest absolute Gasteiger partial charge is 0.385 e. The molecule has 0 saturated carbocycles. The number of methoxy groups -OCH3 is 1. The average molecular weight is 251 g/mol. The molecular formula is C15H25NO2. The first-order valence-corrected chi connectivity index (χ1v) is 6.61. The van der Waals surface area contributed by atoms with Gasteiger partial charge in [0, 0.05) is 26.4 Å². The van der Waals surface area contributed by atoms with Crippen molar-refractivity contribution >= 4 is 0 Å². The summed E-state index contributed by atoms with van der Waals surface area (Å²) in [5.41, 5.74) is 8.56. The highest BCUT2D eigenvalue weighted by Gasteiger charge is 2.18. The van der Waals surface area contributed by atoms with Gasteiger partial charge < -0.3 is 15.2 Å². The third-order valence-electron chi connectivity index (χ3n) is 3.06. The van der Waals surface area contributed by atoms with Crippen molar-refractivity contribution in [3.63, 3.8) is 0 Å². The van der Waals surface area contributed by atoms with Crippen molar-refractivity contribution in [3.05, 3.63) is 35.4 Å². The van der Waals surface area contributed by atoms with Crippen LogP contribution >= 0.6 is 0 Å². The number of ether oxygens (including phenoxy) is 2. The molecule has 2 N–H and O–H groups in total. The third kappa shape index (κ3) is 4.77. The van der Waals surface area contributed by atoms with Crippen LogP contribution in [0.2, 0.25) is 0 Å². The Morgan fingerprint density at radius 3 is 2.39 bits per heavy atom. The Balaban J connectivity index is 2.63. The van der Waals surface area contributed by atoms with Crippen molar-refractivity contribution in [2.24, 2.45) is 5.73 Å². The molecule has 0 aliphatic heterocycles. The normalized spacial score (nSPS) is 14.4. The zero-order valence-electron chi connectivity index (χ0n) is 11.7. The SMILES string of the molecule is CCC(N)C(OCCCOC)c1ccc(C)cc1. The number of benzene rings is 1. The first-order chi connectivity index (χ1) is 8.69. The van der Waals surface area contributed by atoms with Gasteiger partial charge in [-0.25, -0.2) is 0 Å². The van der Waals surface area contributed by atoms with E-state index in [2.05, 4.69) is 38.1 Å². The quantitative estimate of drug-likeness (QED) is 0.723. The van der Waals surface area contributed by atoms with Crippen molar-refractivity contribution in [2.45, 2.75) is 38.8 Å². The maximum Gasteiger partial charge on any atom is 0.0975 e. The van der Waals surface area contributed by atoms with Gasteiger partial charge in [-0.3, -0.25) is 0 Å². The van der Waals surface area contributed by atoms with Crippen LogP contribution in [0, 0.1) is 6.92 Å². The second-order valence-electron chi connectivity index (χ2n) is 4.62. The van der Waals surface area contributed by atoms with Crippen LogP contribution in [0.15, 0.2) is 24.3 Å². The summed E-state index contributed by atoms with van der Waals surface area (Å²) in [5, 5.41) is 0. The van der Waals surface area contributed by atoms with Gasteiger partial charge in [-0.1, -0.05) is 36.8 Å². The fourth-order valence-corrected chi connectivity index (χ4v) is 1.85. The first kappa shape index (κ1) is 15.2. The van der Waals surface area contributed by atoms with Crippen LogP contribution in [-0.2, 0) is 9.47 Å². The Morgan fingerprint density at radius 1 is 1.17 bits per heavy atom. The van der Waals surface area contributed by atoms with E-state index in [1.165, 1.54) is 5.56 Å². The van der Waals surface area contributed by atoms with Crippen molar-refractivity contribution in [3.8, 4) is 0 Å². The maximum atomic E-state index is 6.15. The molecule has 0 heterocycles. The van der Waals surface area contributed by atoms with E-state index in [-0.39, 0.29) is 12.1 Å². The maximum absolute atomic E-state index is 6.15. The van der Waals surface area contributed by atoms with E-state index in [1.807, 2.05) is 0 Å².